The van der Waals surface area contributed by atoms with E-state index in [-0.39, 0.29) is 17.7 Å². The third-order valence-electron chi connectivity index (χ3n) is 3.82. The summed E-state index contributed by atoms with van der Waals surface area (Å²) in [6.07, 6.45) is 2.28. The van der Waals surface area contributed by atoms with E-state index in [1.165, 1.54) is 23.1 Å². The van der Waals surface area contributed by atoms with Crippen molar-refractivity contribution in [3.8, 4) is 0 Å². The number of thiophene rings is 1. The predicted octanol–water partition coefficient (Wildman–Crippen LogP) is 4.77. The number of hydrogen-bond donors (Lipinski definition) is 0. The van der Waals surface area contributed by atoms with E-state index >= 15 is 0 Å². The van der Waals surface area contributed by atoms with Crippen molar-refractivity contribution in [2.75, 3.05) is 11.5 Å². The Balaban J connectivity index is 1.48. The van der Waals surface area contributed by atoms with Crippen molar-refractivity contribution in [3.63, 3.8) is 0 Å². The molecular formula is C17H16N4O2S4. The van der Waals surface area contributed by atoms with Gasteiger partial charge in [-0.25, -0.2) is 5.01 Å². The summed E-state index contributed by atoms with van der Waals surface area (Å²) in [5, 5.41) is 16.5. The van der Waals surface area contributed by atoms with Gasteiger partial charge in [0.25, 0.3) is 5.91 Å². The van der Waals surface area contributed by atoms with Gasteiger partial charge in [0, 0.05) is 11.3 Å². The summed E-state index contributed by atoms with van der Waals surface area (Å²) in [6.45, 7) is 2.08. The maximum atomic E-state index is 12.9. The lowest BCUT2D eigenvalue weighted by atomic mass is 10.1. The van der Waals surface area contributed by atoms with Crippen LogP contribution in [0.3, 0.4) is 0 Å². The Bertz CT molecular complexity index is 921. The molecule has 0 fully saturated rings. The summed E-state index contributed by atoms with van der Waals surface area (Å²) in [4.78, 5) is 14.0. The van der Waals surface area contributed by atoms with Gasteiger partial charge in [-0.2, -0.15) is 5.10 Å². The number of rotatable bonds is 7. The molecule has 0 N–H and O–H groups in total. The molecule has 6 nitrogen and oxygen atoms in total. The van der Waals surface area contributed by atoms with Crippen molar-refractivity contribution in [1.82, 2.24) is 15.2 Å². The number of hydrogen-bond acceptors (Lipinski definition) is 9. The van der Waals surface area contributed by atoms with Gasteiger partial charge in [0.1, 0.15) is 11.5 Å². The summed E-state index contributed by atoms with van der Waals surface area (Å²) >= 11 is 6.23. The SMILES string of the molecule is CCSc1nnc(SCC(=O)N2N=C(c3ccco3)CC2c2cccs2)s1. The molecule has 1 aliphatic rings. The highest BCUT2D eigenvalue weighted by molar-refractivity contribution is 8.03. The molecule has 4 rings (SSSR count). The zero-order valence-corrected chi connectivity index (χ0v) is 17.7. The monoisotopic (exact) mass is 436 g/mol. The number of carbonyl (C=O) groups excluding carboxylic acids is 1. The molecule has 1 amide bonds. The Labute approximate surface area is 173 Å². The van der Waals surface area contributed by atoms with Crippen LogP contribution in [0.1, 0.15) is 30.0 Å². The maximum Gasteiger partial charge on any atom is 0.253 e. The van der Waals surface area contributed by atoms with E-state index in [2.05, 4.69) is 22.2 Å². The normalized spacial score (nSPS) is 16.7. The summed E-state index contributed by atoms with van der Waals surface area (Å²) in [7, 11) is 0. The Morgan fingerprint density at radius 1 is 1.30 bits per heavy atom. The molecule has 0 radical (unpaired) electrons. The number of nitrogens with zero attached hydrogens (tertiary/aromatic N) is 4. The smallest absolute Gasteiger partial charge is 0.253 e. The average Bonchev–Trinajstić information content (AvgIpc) is 3.47. The first kappa shape index (κ1) is 18.7. The van der Waals surface area contributed by atoms with Gasteiger partial charge >= 0.3 is 0 Å². The third kappa shape index (κ3) is 4.29. The zero-order valence-electron chi connectivity index (χ0n) is 14.4. The second-order valence-electron chi connectivity index (χ2n) is 5.55. The fourth-order valence-electron chi connectivity index (χ4n) is 2.66. The fraction of sp³-hybridized carbons (Fsp3) is 0.294. The van der Waals surface area contributed by atoms with Crippen LogP contribution < -0.4 is 0 Å². The first-order valence-corrected chi connectivity index (χ1v) is 12.0. The van der Waals surface area contributed by atoms with E-state index in [0.29, 0.717) is 12.2 Å². The molecule has 3 aromatic heterocycles. The summed E-state index contributed by atoms with van der Waals surface area (Å²) < 4.78 is 7.22. The quantitative estimate of drug-likeness (QED) is 0.497. The van der Waals surface area contributed by atoms with Crippen LogP contribution in [-0.2, 0) is 4.79 Å². The van der Waals surface area contributed by atoms with Gasteiger partial charge in [-0.3, -0.25) is 4.79 Å². The number of furan rings is 1. The molecule has 1 aliphatic heterocycles. The van der Waals surface area contributed by atoms with Gasteiger partial charge in [-0.15, -0.1) is 21.5 Å². The largest absolute Gasteiger partial charge is 0.463 e. The van der Waals surface area contributed by atoms with Crippen LogP contribution in [0.15, 0.2) is 54.1 Å². The molecule has 1 unspecified atom stereocenters. The number of amides is 1. The van der Waals surface area contributed by atoms with Crippen LogP contribution in [0.5, 0.6) is 0 Å². The van der Waals surface area contributed by atoms with Crippen LogP contribution in [-0.4, -0.2) is 38.3 Å². The van der Waals surface area contributed by atoms with E-state index in [1.807, 2.05) is 29.6 Å². The molecule has 3 aromatic rings. The van der Waals surface area contributed by atoms with E-state index in [4.69, 9.17) is 4.42 Å². The molecule has 0 saturated heterocycles. The second kappa shape index (κ2) is 8.59. The Hall–Kier alpha value is -1.62. The van der Waals surface area contributed by atoms with Gasteiger partial charge in [0.15, 0.2) is 8.68 Å². The lowest BCUT2D eigenvalue weighted by molar-refractivity contribution is -0.130. The summed E-state index contributed by atoms with van der Waals surface area (Å²) in [5.41, 5.74) is 0.800. The topological polar surface area (TPSA) is 71.6 Å². The highest BCUT2D eigenvalue weighted by Crippen LogP contribution is 2.36. The Morgan fingerprint density at radius 2 is 2.15 bits per heavy atom. The van der Waals surface area contributed by atoms with E-state index in [1.54, 1.807) is 34.4 Å². The summed E-state index contributed by atoms with van der Waals surface area (Å²) in [6, 6.07) is 7.67. The lowest BCUT2D eigenvalue weighted by Crippen LogP contribution is -2.28. The highest BCUT2D eigenvalue weighted by atomic mass is 32.2. The molecule has 4 heterocycles. The third-order valence-corrected chi connectivity index (χ3v) is 7.85. The average molecular weight is 437 g/mol. The number of hydrazone groups is 1. The molecule has 140 valence electrons. The molecule has 0 saturated carbocycles. The predicted molar refractivity (Wildman–Crippen MR) is 111 cm³/mol. The first-order valence-electron chi connectivity index (χ1n) is 8.30. The van der Waals surface area contributed by atoms with Crippen LogP contribution in [0.2, 0.25) is 0 Å². The van der Waals surface area contributed by atoms with Gasteiger partial charge in [0.05, 0.1) is 18.1 Å². The molecule has 0 spiro atoms. The van der Waals surface area contributed by atoms with Crippen molar-refractivity contribution in [3.05, 3.63) is 46.5 Å². The van der Waals surface area contributed by atoms with Gasteiger partial charge < -0.3 is 4.42 Å². The van der Waals surface area contributed by atoms with Crippen molar-refractivity contribution >= 4 is 57.8 Å². The van der Waals surface area contributed by atoms with Crippen molar-refractivity contribution < 1.29 is 9.21 Å². The number of thioether (sulfide) groups is 2. The lowest BCUT2D eigenvalue weighted by Gasteiger charge is -2.20. The van der Waals surface area contributed by atoms with Gasteiger partial charge in [-0.05, 0) is 29.3 Å². The maximum absolute atomic E-state index is 12.9. The van der Waals surface area contributed by atoms with Gasteiger partial charge in [-0.1, -0.05) is 47.9 Å². The number of carbonyl (C=O) groups is 1. The Morgan fingerprint density at radius 3 is 2.85 bits per heavy atom. The van der Waals surface area contributed by atoms with E-state index in [0.717, 1.165) is 25.0 Å². The Kier molecular flexibility index (Phi) is 5.96. The molecule has 10 heteroatoms. The molecule has 27 heavy (non-hydrogen) atoms. The van der Waals surface area contributed by atoms with Crippen LogP contribution >= 0.6 is 46.2 Å². The minimum absolute atomic E-state index is 0.0418. The van der Waals surface area contributed by atoms with Crippen molar-refractivity contribution in [2.45, 2.75) is 28.1 Å². The molecule has 0 aromatic carbocycles. The molecule has 0 aliphatic carbocycles. The zero-order chi connectivity index (χ0) is 18.6. The van der Waals surface area contributed by atoms with Gasteiger partial charge in [0.2, 0.25) is 0 Å². The molecule has 0 bridgehead atoms. The fourth-order valence-corrected chi connectivity index (χ4v) is 6.24. The molecule has 1 atom stereocenters. The molecular weight excluding hydrogens is 420 g/mol. The van der Waals surface area contributed by atoms with Crippen LogP contribution in [0.4, 0.5) is 0 Å². The van der Waals surface area contributed by atoms with E-state index < -0.39 is 0 Å². The van der Waals surface area contributed by atoms with Crippen molar-refractivity contribution in [1.29, 1.82) is 0 Å². The standard InChI is InChI=1S/C17H16N4O2S4/c1-2-24-16-18-19-17(27-16)26-10-15(22)21-12(14-6-4-8-25-14)9-11(20-21)13-5-3-7-23-13/h3-8,12H,2,9-10H2,1H3. The van der Waals surface area contributed by atoms with E-state index in [9.17, 15) is 4.79 Å². The van der Waals surface area contributed by atoms with Crippen LogP contribution in [0, 0.1) is 0 Å². The minimum atomic E-state index is -0.0844. The van der Waals surface area contributed by atoms with Crippen molar-refractivity contribution in [2.24, 2.45) is 5.10 Å². The van der Waals surface area contributed by atoms with Crippen LogP contribution in [0.25, 0.3) is 0 Å². The first-order chi connectivity index (χ1) is 13.2. The summed E-state index contributed by atoms with van der Waals surface area (Å²) in [5.74, 6) is 1.91. The minimum Gasteiger partial charge on any atom is -0.463 e. The number of aromatic nitrogens is 2. The highest BCUT2D eigenvalue weighted by Gasteiger charge is 2.34. The second-order valence-corrected chi connectivity index (χ2v) is 10.2.